The van der Waals surface area contributed by atoms with Crippen LogP contribution in [0.25, 0.3) is 5.57 Å². The molecule has 0 saturated carbocycles. The van der Waals surface area contributed by atoms with E-state index < -0.39 is 0 Å². The smallest absolute Gasteiger partial charge is 0.206 e. The Hall–Kier alpha value is -3.09. The molecule has 0 fully saturated rings. The van der Waals surface area contributed by atoms with E-state index in [1.54, 1.807) is 6.21 Å². The van der Waals surface area contributed by atoms with Crippen LogP contribution in [0.15, 0.2) is 51.1 Å². The number of carbonyl (C=O) groups excluding carboxylic acids is 1. The van der Waals surface area contributed by atoms with Crippen LogP contribution in [-0.2, 0) is 4.79 Å². The molecule has 0 atom stereocenters. The lowest BCUT2D eigenvalue weighted by Crippen LogP contribution is -2.27. The molecule has 3 rings (SSSR count). The fourth-order valence-electron chi connectivity index (χ4n) is 5.94. The molecule has 7 heteroatoms. The number of nitrogens with zero attached hydrogens (tertiary/aromatic N) is 5. The topological polar surface area (TPSA) is 91.0 Å². The average Bonchev–Trinajstić information content (AvgIpc) is 3.04. The normalized spacial score (nSPS) is 17.3. The number of anilines is 1. The van der Waals surface area contributed by atoms with Gasteiger partial charge in [-0.3, -0.25) is 14.8 Å². The zero-order valence-corrected chi connectivity index (χ0v) is 28.8. The maximum atomic E-state index is 13.2. The quantitative estimate of drug-likeness (QED) is 0.0975. The second kappa shape index (κ2) is 20.8. The first-order valence-corrected chi connectivity index (χ1v) is 18.1. The van der Waals surface area contributed by atoms with Gasteiger partial charge in [-0.05, 0) is 37.8 Å². The lowest BCUT2D eigenvalue weighted by Gasteiger charge is -2.25. The summed E-state index contributed by atoms with van der Waals surface area (Å²) in [4.78, 5) is 33.9. The molecule has 1 N–H and O–H groups in total. The molecule has 248 valence electrons. The second-order valence-electron chi connectivity index (χ2n) is 12.7. The van der Waals surface area contributed by atoms with Crippen LogP contribution >= 0.6 is 0 Å². The summed E-state index contributed by atoms with van der Waals surface area (Å²) in [5.74, 6) is -0.0706. The highest BCUT2D eigenvalue weighted by atomic mass is 16.3. The number of ketones is 1. The third-order valence-corrected chi connectivity index (χ3v) is 8.85. The van der Waals surface area contributed by atoms with Gasteiger partial charge in [-0.15, -0.1) is 0 Å². The van der Waals surface area contributed by atoms with Crippen LogP contribution in [0.1, 0.15) is 149 Å². The standard InChI is InChI=1S/C38H59N5O2/c1-5-8-11-14-17-20-23-39-33-29-40-32(26-30(33)4)34-36(44)35(37(34)45)38-41-27-31(28-42-38)43(24-21-18-15-12-9-6-2)25-22-19-16-13-10-7-3/h26-29,44H,5-25H2,1-4H3/b34-32+,39-33?. The van der Waals surface area contributed by atoms with Gasteiger partial charge in [-0.1, -0.05) is 117 Å². The van der Waals surface area contributed by atoms with Crippen molar-refractivity contribution in [1.82, 2.24) is 9.97 Å². The molecule has 0 aromatic carbocycles. The summed E-state index contributed by atoms with van der Waals surface area (Å²) in [5.41, 5.74) is 3.65. The van der Waals surface area contributed by atoms with Crippen LogP contribution in [0.4, 0.5) is 5.69 Å². The van der Waals surface area contributed by atoms with E-state index in [0.717, 1.165) is 55.9 Å². The van der Waals surface area contributed by atoms with E-state index in [9.17, 15) is 9.90 Å². The van der Waals surface area contributed by atoms with E-state index in [1.807, 2.05) is 25.4 Å². The summed E-state index contributed by atoms with van der Waals surface area (Å²) >= 11 is 0. The van der Waals surface area contributed by atoms with Crippen molar-refractivity contribution in [2.24, 2.45) is 9.98 Å². The second-order valence-corrected chi connectivity index (χ2v) is 12.7. The molecule has 0 amide bonds. The molecule has 1 aromatic heterocycles. The van der Waals surface area contributed by atoms with Crippen LogP contribution in [-0.4, -0.2) is 52.4 Å². The van der Waals surface area contributed by atoms with Gasteiger partial charge in [0.25, 0.3) is 0 Å². The van der Waals surface area contributed by atoms with Crippen LogP contribution in [0, 0.1) is 0 Å². The number of allylic oxidation sites excluding steroid dienone is 4. The minimum absolute atomic E-state index is 0.0765. The monoisotopic (exact) mass is 617 g/mol. The van der Waals surface area contributed by atoms with E-state index in [0.29, 0.717) is 5.70 Å². The van der Waals surface area contributed by atoms with Crippen molar-refractivity contribution in [3.63, 3.8) is 0 Å². The number of aliphatic imine (C=N–C) groups is 2. The van der Waals surface area contributed by atoms with Crippen molar-refractivity contribution in [3.8, 4) is 0 Å². The Bertz CT molecular complexity index is 1190. The number of aromatic nitrogens is 2. The molecule has 0 spiro atoms. The Morgan fingerprint density at radius 3 is 1.73 bits per heavy atom. The molecule has 1 aliphatic heterocycles. The van der Waals surface area contributed by atoms with Gasteiger partial charge in [-0.2, -0.15) is 0 Å². The number of Topliss-reactive ketones (excluding diaryl/α,β-unsaturated/α-hetero) is 1. The number of carbonyl (C=O) groups is 1. The summed E-state index contributed by atoms with van der Waals surface area (Å²) in [5, 5.41) is 10.9. The molecule has 7 nitrogen and oxygen atoms in total. The number of aliphatic hydroxyl groups is 1. The zero-order valence-electron chi connectivity index (χ0n) is 28.8. The van der Waals surface area contributed by atoms with Crippen molar-refractivity contribution < 1.29 is 9.90 Å². The highest BCUT2D eigenvalue weighted by Gasteiger charge is 2.39. The molecule has 45 heavy (non-hydrogen) atoms. The summed E-state index contributed by atoms with van der Waals surface area (Å²) < 4.78 is 0. The predicted molar refractivity (Wildman–Crippen MR) is 191 cm³/mol. The first-order valence-electron chi connectivity index (χ1n) is 18.1. The summed E-state index contributed by atoms with van der Waals surface area (Å²) in [6.45, 7) is 11.5. The maximum Gasteiger partial charge on any atom is 0.206 e. The van der Waals surface area contributed by atoms with Gasteiger partial charge in [0.15, 0.2) is 5.82 Å². The highest BCUT2D eigenvalue weighted by Crippen LogP contribution is 2.38. The SMILES string of the molecule is CCCCCCCCN=C1C=N/C(=C2/C(=O)C(c3ncc(N(CCCCCCCC)CCCCCCCC)cn3)=C2O)C=C1C. The van der Waals surface area contributed by atoms with E-state index in [2.05, 4.69) is 40.6 Å². The Morgan fingerprint density at radius 2 is 1.22 bits per heavy atom. The molecular weight excluding hydrogens is 558 g/mol. The molecule has 2 heterocycles. The molecular formula is C38H59N5O2. The van der Waals surface area contributed by atoms with Gasteiger partial charge < -0.3 is 10.0 Å². The summed E-state index contributed by atoms with van der Waals surface area (Å²) in [6.07, 6.45) is 29.7. The van der Waals surface area contributed by atoms with Crippen molar-refractivity contribution >= 4 is 29.0 Å². The number of dihydropyridines is 1. The number of hydrogen-bond acceptors (Lipinski definition) is 7. The molecule has 0 bridgehead atoms. The maximum absolute atomic E-state index is 13.2. The van der Waals surface area contributed by atoms with E-state index in [1.165, 1.54) is 96.3 Å². The summed E-state index contributed by atoms with van der Waals surface area (Å²) in [7, 11) is 0. The lowest BCUT2D eigenvalue weighted by molar-refractivity contribution is -0.111. The number of rotatable bonds is 23. The lowest BCUT2D eigenvalue weighted by atomic mass is 9.85. The highest BCUT2D eigenvalue weighted by molar-refractivity contribution is 6.41. The van der Waals surface area contributed by atoms with Gasteiger partial charge in [0.2, 0.25) is 5.78 Å². The predicted octanol–water partition coefficient (Wildman–Crippen LogP) is 9.94. The van der Waals surface area contributed by atoms with Crippen molar-refractivity contribution in [1.29, 1.82) is 0 Å². The Balaban J connectivity index is 1.62. The Kier molecular flexibility index (Phi) is 16.9. The molecule has 2 aliphatic rings. The van der Waals surface area contributed by atoms with E-state index in [4.69, 9.17) is 4.99 Å². The van der Waals surface area contributed by atoms with Crippen molar-refractivity contribution in [2.75, 3.05) is 24.5 Å². The number of hydrogen-bond donors (Lipinski definition) is 1. The zero-order chi connectivity index (χ0) is 32.3. The fourth-order valence-corrected chi connectivity index (χ4v) is 5.94. The van der Waals surface area contributed by atoms with Crippen molar-refractivity contribution in [2.45, 2.75) is 143 Å². The van der Waals surface area contributed by atoms with Crippen LogP contribution < -0.4 is 4.90 Å². The van der Waals surface area contributed by atoms with Gasteiger partial charge in [0.1, 0.15) is 11.3 Å². The van der Waals surface area contributed by atoms with Crippen LogP contribution in [0.2, 0.25) is 0 Å². The first-order chi connectivity index (χ1) is 22.0. The van der Waals surface area contributed by atoms with Gasteiger partial charge >= 0.3 is 0 Å². The number of aliphatic hydroxyl groups excluding tert-OH is 1. The van der Waals surface area contributed by atoms with Gasteiger partial charge in [-0.25, -0.2) is 9.97 Å². The number of unbranched alkanes of at least 4 members (excludes halogenated alkanes) is 15. The fraction of sp³-hybridized carbons (Fsp3) is 0.658. The molecule has 1 aromatic rings. The van der Waals surface area contributed by atoms with Crippen LogP contribution in [0.3, 0.4) is 0 Å². The molecule has 0 radical (unpaired) electrons. The Morgan fingerprint density at radius 1 is 0.711 bits per heavy atom. The van der Waals surface area contributed by atoms with E-state index >= 15 is 0 Å². The molecule has 1 aliphatic carbocycles. The van der Waals surface area contributed by atoms with Gasteiger partial charge in [0, 0.05) is 19.6 Å². The largest absolute Gasteiger partial charge is 0.506 e. The molecule has 0 unspecified atom stereocenters. The third-order valence-electron chi connectivity index (χ3n) is 8.85. The Labute approximate surface area is 273 Å². The van der Waals surface area contributed by atoms with Crippen molar-refractivity contribution in [3.05, 3.63) is 46.9 Å². The summed E-state index contributed by atoms with van der Waals surface area (Å²) in [6, 6.07) is 0. The average molecular weight is 618 g/mol. The van der Waals surface area contributed by atoms with E-state index in [-0.39, 0.29) is 28.5 Å². The molecule has 0 saturated heterocycles. The van der Waals surface area contributed by atoms with Crippen LogP contribution in [0.5, 0.6) is 0 Å². The minimum atomic E-state index is -0.264. The third kappa shape index (κ3) is 11.7. The minimum Gasteiger partial charge on any atom is -0.506 e. The van der Waals surface area contributed by atoms with Gasteiger partial charge in [0.05, 0.1) is 41.3 Å². The first kappa shape index (κ1) is 36.4.